The zero-order valence-electron chi connectivity index (χ0n) is 12.6. The van der Waals surface area contributed by atoms with Crippen LogP contribution in [0.2, 0.25) is 0 Å². The smallest absolute Gasteiger partial charge is 0.287 e. The van der Waals surface area contributed by atoms with Crippen molar-refractivity contribution in [3.05, 3.63) is 71.2 Å². The average molecular weight is 279 g/mol. The molecule has 0 saturated heterocycles. The number of carbonyl (C=O) groups excluding carboxylic acids is 1. The summed E-state index contributed by atoms with van der Waals surface area (Å²) in [5.41, 5.74) is 5.26. The van der Waals surface area contributed by atoms with Crippen LogP contribution in [-0.2, 0) is 6.54 Å². The molecule has 0 saturated carbocycles. The third-order valence-corrected chi connectivity index (χ3v) is 3.82. The molecule has 0 aliphatic carbocycles. The minimum atomic E-state index is 0.137. The number of imidazole rings is 1. The predicted molar refractivity (Wildman–Crippen MR) is 82.6 cm³/mol. The van der Waals surface area contributed by atoms with Gasteiger partial charge in [-0.2, -0.15) is 0 Å². The maximum atomic E-state index is 12.5. The maximum absolute atomic E-state index is 12.5. The molecular formula is C18H19N2O+. The molecule has 21 heavy (non-hydrogen) atoms. The van der Waals surface area contributed by atoms with Crippen LogP contribution in [0.4, 0.5) is 0 Å². The summed E-state index contributed by atoms with van der Waals surface area (Å²) in [6.45, 7) is 6.49. The van der Waals surface area contributed by atoms with Crippen molar-refractivity contribution in [1.82, 2.24) is 4.57 Å². The van der Waals surface area contributed by atoms with Crippen molar-refractivity contribution in [2.45, 2.75) is 27.3 Å². The second-order valence-corrected chi connectivity index (χ2v) is 5.62. The van der Waals surface area contributed by atoms with E-state index in [4.69, 9.17) is 0 Å². The highest BCUT2D eigenvalue weighted by Crippen LogP contribution is 2.10. The van der Waals surface area contributed by atoms with Gasteiger partial charge in [-0.25, -0.2) is 8.97 Å². The van der Waals surface area contributed by atoms with Crippen LogP contribution in [0.15, 0.2) is 48.8 Å². The highest BCUT2D eigenvalue weighted by molar-refractivity contribution is 5.96. The van der Waals surface area contributed by atoms with Crippen LogP contribution < -0.4 is 4.40 Å². The molecule has 0 unspecified atom stereocenters. The second kappa shape index (κ2) is 5.17. The Morgan fingerprint density at radius 3 is 2.48 bits per heavy atom. The quantitative estimate of drug-likeness (QED) is 0.534. The molecule has 0 amide bonds. The van der Waals surface area contributed by atoms with Crippen molar-refractivity contribution in [2.24, 2.45) is 0 Å². The standard InChI is InChI=1S/C18H19N2O/c1-13-4-6-16(7-5-13)17(21)12-20-15(3)11-19-9-8-14(2)10-18(19)20/h4-11H,12H2,1-3H3/q+1. The number of hydrogen-bond donors (Lipinski definition) is 0. The molecular weight excluding hydrogens is 260 g/mol. The molecule has 0 bridgehead atoms. The number of aromatic nitrogens is 2. The van der Waals surface area contributed by atoms with Gasteiger partial charge in [-0.05, 0) is 25.5 Å². The lowest BCUT2D eigenvalue weighted by Gasteiger charge is -2.02. The molecule has 2 aromatic heterocycles. The van der Waals surface area contributed by atoms with E-state index >= 15 is 0 Å². The van der Waals surface area contributed by atoms with Crippen molar-refractivity contribution in [3.63, 3.8) is 0 Å². The average Bonchev–Trinajstić information content (AvgIpc) is 2.76. The number of pyridine rings is 1. The number of hydrogen-bond acceptors (Lipinski definition) is 1. The topological polar surface area (TPSA) is 26.1 Å². The molecule has 0 spiro atoms. The van der Waals surface area contributed by atoms with Crippen molar-refractivity contribution in [3.8, 4) is 0 Å². The Morgan fingerprint density at radius 1 is 1.05 bits per heavy atom. The van der Waals surface area contributed by atoms with Gasteiger partial charge in [0.25, 0.3) is 5.65 Å². The number of carbonyl (C=O) groups is 1. The van der Waals surface area contributed by atoms with Crippen LogP contribution in [0, 0.1) is 20.8 Å². The van der Waals surface area contributed by atoms with E-state index in [0.29, 0.717) is 6.54 Å². The maximum Gasteiger partial charge on any atom is 0.287 e. The van der Waals surface area contributed by atoms with Gasteiger partial charge < -0.3 is 0 Å². The molecule has 0 N–H and O–H groups in total. The number of aryl methyl sites for hydroxylation is 3. The molecule has 106 valence electrons. The van der Waals surface area contributed by atoms with Crippen LogP contribution in [-0.4, -0.2) is 10.4 Å². The van der Waals surface area contributed by atoms with Gasteiger partial charge in [0.05, 0.1) is 6.20 Å². The van der Waals surface area contributed by atoms with Crippen LogP contribution in [0.25, 0.3) is 5.65 Å². The van der Waals surface area contributed by atoms with E-state index in [0.717, 1.165) is 16.9 Å². The van der Waals surface area contributed by atoms with Gasteiger partial charge in [-0.15, -0.1) is 0 Å². The van der Waals surface area contributed by atoms with Gasteiger partial charge in [-0.1, -0.05) is 29.8 Å². The van der Waals surface area contributed by atoms with Crippen LogP contribution in [0.1, 0.15) is 27.2 Å². The summed E-state index contributed by atoms with van der Waals surface area (Å²) in [6.07, 6.45) is 4.09. The molecule has 1 aromatic carbocycles. The first-order valence-corrected chi connectivity index (χ1v) is 7.12. The molecule has 0 fully saturated rings. The Hall–Kier alpha value is -2.42. The van der Waals surface area contributed by atoms with Gasteiger partial charge >= 0.3 is 0 Å². The number of rotatable bonds is 3. The lowest BCUT2D eigenvalue weighted by molar-refractivity contribution is -0.510. The molecule has 0 aliphatic rings. The number of nitrogens with zero attached hydrogens (tertiary/aromatic N) is 2. The summed E-state index contributed by atoms with van der Waals surface area (Å²) in [4.78, 5) is 12.5. The number of Topliss-reactive ketones (excluding diaryl/α,β-unsaturated/α-hetero) is 1. The van der Waals surface area contributed by atoms with E-state index in [9.17, 15) is 4.79 Å². The molecule has 3 aromatic rings. The lowest BCUT2D eigenvalue weighted by Crippen LogP contribution is -2.20. The fourth-order valence-corrected chi connectivity index (χ4v) is 2.56. The monoisotopic (exact) mass is 279 g/mol. The van der Waals surface area contributed by atoms with Gasteiger partial charge in [-0.3, -0.25) is 4.79 Å². The highest BCUT2D eigenvalue weighted by atomic mass is 16.1. The Kier molecular flexibility index (Phi) is 3.34. The van der Waals surface area contributed by atoms with Crippen LogP contribution in [0.3, 0.4) is 0 Å². The fraction of sp³-hybridized carbons (Fsp3) is 0.222. The van der Waals surface area contributed by atoms with E-state index in [2.05, 4.69) is 34.2 Å². The summed E-state index contributed by atoms with van der Waals surface area (Å²) in [7, 11) is 0. The highest BCUT2D eigenvalue weighted by Gasteiger charge is 2.18. The lowest BCUT2D eigenvalue weighted by atomic mass is 10.1. The van der Waals surface area contributed by atoms with E-state index < -0.39 is 0 Å². The van der Waals surface area contributed by atoms with Gasteiger partial charge in [0.1, 0.15) is 11.9 Å². The van der Waals surface area contributed by atoms with Crippen molar-refractivity contribution >= 4 is 11.4 Å². The first-order chi connectivity index (χ1) is 10.0. The van der Waals surface area contributed by atoms with Gasteiger partial charge in [0, 0.05) is 18.6 Å². The number of fused-ring (bicyclic) bond motifs is 1. The Balaban J connectivity index is 1.97. The third-order valence-electron chi connectivity index (χ3n) is 3.82. The zero-order valence-corrected chi connectivity index (χ0v) is 12.6. The molecule has 3 heteroatoms. The minimum absolute atomic E-state index is 0.137. The minimum Gasteiger partial charge on any atom is -0.290 e. The predicted octanol–water partition coefficient (Wildman–Crippen LogP) is 3.03. The third kappa shape index (κ3) is 2.59. The van der Waals surface area contributed by atoms with Gasteiger partial charge in [0.15, 0.2) is 6.54 Å². The molecule has 0 aliphatic heterocycles. The summed E-state index contributed by atoms with van der Waals surface area (Å²) in [6, 6.07) is 11.9. The van der Waals surface area contributed by atoms with E-state index in [1.165, 1.54) is 11.1 Å². The Bertz CT molecular complexity index is 813. The van der Waals surface area contributed by atoms with Crippen molar-refractivity contribution < 1.29 is 9.20 Å². The zero-order chi connectivity index (χ0) is 15.0. The second-order valence-electron chi connectivity index (χ2n) is 5.62. The molecule has 0 atom stereocenters. The number of ketones is 1. The van der Waals surface area contributed by atoms with E-state index in [1.807, 2.05) is 44.3 Å². The van der Waals surface area contributed by atoms with Crippen molar-refractivity contribution in [2.75, 3.05) is 0 Å². The Labute approximate surface area is 124 Å². The van der Waals surface area contributed by atoms with Crippen LogP contribution >= 0.6 is 0 Å². The van der Waals surface area contributed by atoms with E-state index in [1.54, 1.807) is 0 Å². The normalized spacial score (nSPS) is 11.0. The van der Waals surface area contributed by atoms with Crippen LogP contribution in [0.5, 0.6) is 0 Å². The summed E-state index contributed by atoms with van der Waals surface area (Å²) >= 11 is 0. The summed E-state index contributed by atoms with van der Waals surface area (Å²) in [5, 5.41) is 0. The van der Waals surface area contributed by atoms with Gasteiger partial charge in [0.2, 0.25) is 5.78 Å². The first-order valence-electron chi connectivity index (χ1n) is 7.12. The summed E-state index contributed by atoms with van der Waals surface area (Å²) < 4.78 is 4.12. The number of benzene rings is 1. The van der Waals surface area contributed by atoms with Crippen molar-refractivity contribution in [1.29, 1.82) is 0 Å². The molecule has 0 radical (unpaired) electrons. The first kappa shape index (κ1) is 13.6. The largest absolute Gasteiger partial charge is 0.290 e. The summed E-state index contributed by atoms with van der Waals surface area (Å²) in [5.74, 6) is 0.137. The molecule has 2 heterocycles. The van der Waals surface area contributed by atoms with E-state index in [-0.39, 0.29) is 5.78 Å². The SMILES string of the molecule is Cc1ccc(C(=O)Cn2c(C)c[n+]3ccc(C)cc23)cc1. The Morgan fingerprint density at radius 2 is 1.76 bits per heavy atom. The molecule has 3 nitrogen and oxygen atoms in total. The fourth-order valence-electron chi connectivity index (χ4n) is 2.56. The molecule has 3 rings (SSSR count).